The van der Waals surface area contributed by atoms with Gasteiger partial charge in [0.15, 0.2) is 23.2 Å². The molecule has 3 amide bonds. The second-order valence-electron chi connectivity index (χ2n) is 12.3. The quantitative estimate of drug-likeness (QED) is 0.188. The highest BCUT2D eigenvalue weighted by Gasteiger charge is 2.41. The molecule has 5 rings (SSSR count). The summed E-state index contributed by atoms with van der Waals surface area (Å²) in [5.41, 5.74) is 5.01. The van der Waals surface area contributed by atoms with Crippen molar-refractivity contribution in [3.63, 3.8) is 0 Å². The van der Waals surface area contributed by atoms with Crippen LogP contribution in [0.4, 0.5) is 18.0 Å². The minimum Gasteiger partial charge on any atom is -0.310 e. The number of Topliss-reactive ketones (excluding diaryl/α,β-unsaturated/α-hetero) is 1. The van der Waals surface area contributed by atoms with Gasteiger partial charge in [0.25, 0.3) is 0 Å². The Labute approximate surface area is 279 Å². The van der Waals surface area contributed by atoms with Crippen LogP contribution in [0.25, 0.3) is 0 Å². The first-order valence-electron chi connectivity index (χ1n) is 15.5. The SMILES string of the molecule is CC(=O)C1=C(C)NC(=O)N(N(C=O)CCCN2CCC(c3ccc(C)cc3)(c3ccccc3C)CC2)C1c1cc(F)c(F)c(F)c1.Cl. The first kappa shape index (κ1) is 35.7. The highest BCUT2D eigenvalue weighted by molar-refractivity contribution is 5.98. The minimum atomic E-state index is -1.66. The number of likely N-dealkylation sites (tertiary alicyclic amines) is 1. The van der Waals surface area contributed by atoms with E-state index in [0.29, 0.717) is 19.4 Å². The second kappa shape index (κ2) is 14.7. The molecule has 250 valence electrons. The zero-order chi connectivity index (χ0) is 33.2. The molecule has 1 fully saturated rings. The van der Waals surface area contributed by atoms with Gasteiger partial charge < -0.3 is 10.2 Å². The molecule has 11 heteroatoms. The molecule has 1 unspecified atom stereocenters. The van der Waals surface area contributed by atoms with Crippen molar-refractivity contribution in [1.29, 1.82) is 0 Å². The number of benzene rings is 3. The molecule has 1 N–H and O–H groups in total. The van der Waals surface area contributed by atoms with E-state index in [4.69, 9.17) is 0 Å². The number of urea groups is 1. The van der Waals surface area contributed by atoms with Crippen LogP contribution in [0.1, 0.15) is 67.0 Å². The zero-order valence-electron chi connectivity index (χ0n) is 27.0. The van der Waals surface area contributed by atoms with Crippen molar-refractivity contribution in [2.45, 2.75) is 58.4 Å². The molecule has 0 aliphatic carbocycles. The maximum Gasteiger partial charge on any atom is 0.341 e. The maximum atomic E-state index is 14.3. The number of nitrogens with zero attached hydrogens (tertiary/aromatic N) is 3. The number of allylic oxidation sites excluding steroid dienone is 1. The van der Waals surface area contributed by atoms with Crippen molar-refractivity contribution in [2.24, 2.45) is 0 Å². The molecule has 2 heterocycles. The third-order valence-electron chi connectivity index (χ3n) is 9.36. The van der Waals surface area contributed by atoms with Gasteiger partial charge in [-0.1, -0.05) is 54.1 Å². The van der Waals surface area contributed by atoms with E-state index >= 15 is 0 Å². The lowest BCUT2D eigenvalue weighted by molar-refractivity contribution is -0.134. The van der Waals surface area contributed by atoms with Crippen molar-refractivity contribution in [2.75, 3.05) is 26.2 Å². The van der Waals surface area contributed by atoms with Crippen LogP contribution < -0.4 is 5.32 Å². The van der Waals surface area contributed by atoms with Gasteiger partial charge >= 0.3 is 6.03 Å². The lowest BCUT2D eigenvalue weighted by Crippen LogP contribution is -2.56. The molecule has 7 nitrogen and oxygen atoms in total. The summed E-state index contributed by atoms with van der Waals surface area (Å²) in [5, 5.41) is 4.68. The molecular formula is C36H40ClF3N4O3. The molecule has 0 spiro atoms. The van der Waals surface area contributed by atoms with Crippen LogP contribution in [0.5, 0.6) is 0 Å². The maximum absolute atomic E-state index is 14.3. The molecule has 1 atom stereocenters. The second-order valence-corrected chi connectivity index (χ2v) is 12.3. The molecule has 0 saturated carbocycles. The lowest BCUT2D eigenvalue weighted by atomic mass is 9.67. The minimum absolute atomic E-state index is 0. The molecule has 2 aliphatic rings. The number of halogens is 4. The summed E-state index contributed by atoms with van der Waals surface area (Å²) in [6, 6.07) is 16.7. The Kier molecular flexibility index (Phi) is 11.2. The number of carbonyl (C=O) groups excluding carboxylic acids is 3. The first-order chi connectivity index (χ1) is 22.0. The van der Waals surface area contributed by atoms with E-state index in [1.807, 2.05) is 0 Å². The van der Waals surface area contributed by atoms with Crippen LogP contribution in [-0.2, 0) is 15.0 Å². The number of hydrazine groups is 1. The Morgan fingerprint density at radius 3 is 2.19 bits per heavy atom. The summed E-state index contributed by atoms with van der Waals surface area (Å²) in [4.78, 5) is 40.7. The standard InChI is InChI=1S/C36H39F3N4O3.ClH/c1-23-10-12-28(13-11-23)36(29-9-6-5-8-24(29)2)14-18-41(19-15-36)16-7-17-42(22-44)43-34(27-20-30(37)33(39)31(38)21-27)32(26(4)45)25(3)40-35(43)46;/h5-6,8-13,20-22,34H,7,14-19H2,1-4H3,(H,40,46);1H. The molecule has 1 saturated heterocycles. The summed E-state index contributed by atoms with van der Waals surface area (Å²) in [7, 11) is 0. The van der Waals surface area contributed by atoms with Gasteiger partial charge in [0.05, 0.1) is 0 Å². The Morgan fingerprint density at radius 1 is 1.00 bits per heavy atom. The molecule has 0 aromatic heterocycles. The van der Waals surface area contributed by atoms with E-state index in [-0.39, 0.29) is 41.2 Å². The Hall–Kier alpha value is -4.15. The molecule has 47 heavy (non-hydrogen) atoms. The number of hydrogen-bond acceptors (Lipinski definition) is 4. The van der Waals surface area contributed by atoms with Gasteiger partial charge in [-0.3, -0.25) is 14.6 Å². The third-order valence-corrected chi connectivity index (χ3v) is 9.36. The van der Waals surface area contributed by atoms with Gasteiger partial charge in [-0.05, 0) is 101 Å². The van der Waals surface area contributed by atoms with Crippen molar-refractivity contribution in [1.82, 2.24) is 20.2 Å². The Bertz CT molecular complexity index is 1650. The fourth-order valence-corrected chi connectivity index (χ4v) is 7.01. The van der Waals surface area contributed by atoms with E-state index < -0.39 is 35.3 Å². The van der Waals surface area contributed by atoms with Crippen LogP contribution in [0.2, 0.25) is 0 Å². The van der Waals surface area contributed by atoms with Crippen molar-refractivity contribution >= 4 is 30.6 Å². The van der Waals surface area contributed by atoms with E-state index in [9.17, 15) is 27.6 Å². The summed E-state index contributed by atoms with van der Waals surface area (Å²) in [5.74, 6) is -5.06. The molecule has 3 aromatic carbocycles. The molecule has 3 aromatic rings. The van der Waals surface area contributed by atoms with Crippen molar-refractivity contribution in [3.8, 4) is 0 Å². The Morgan fingerprint density at radius 2 is 1.62 bits per heavy atom. The van der Waals surface area contributed by atoms with E-state index in [1.165, 1.54) is 36.1 Å². The third kappa shape index (κ3) is 7.09. The highest BCUT2D eigenvalue weighted by atomic mass is 35.5. The number of aryl methyl sites for hydroxylation is 2. The molecule has 0 bridgehead atoms. The van der Waals surface area contributed by atoms with Gasteiger partial charge in [0, 0.05) is 23.2 Å². The average Bonchev–Trinajstić information content (AvgIpc) is 3.02. The monoisotopic (exact) mass is 668 g/mol. The van der Waals surface area contributed by atoms with Crippen LogP contribution in [0.15, 0.2) is 71.9 Å². The summed E-state index contributed by atoms with van der Waals surface area (Å²) >= 11 is 0. The number of amides is 3. The largest absolute Gasteiger partial charge is 0.341 e. The number of ketones is 1. The van der Waals surface area contributed by atoms with Gasteiger partial charge in [0.1, 0.15) is 6.04 Å². The van der Waals surface area contributed by atoms with Gasteiger partial charge in [-0.2, -0.15) is 0 Å². The Balaban J connectivity index is 0.00000500. The predicted octanol–water partition coefficient (Wildman–Crippen LogP) is 6.92. The van der Waals surface area contributed by atoms with Crippen LogP contribution in [0.3, 0.4) is 0 Å². The summed E-state index contributed by atoms with van der Waals surface area (Å²) in [6.07, 6.45) is 2.75. The van der Waals surface area contributed by atoms with Crippen LogP contribution in [-0.4, -0.2) is 59.3 Å². The fourth-order valence-electron chi connectivity index (χ4n) is 7.01. The van der Waals surface area contributed by atoms with Gasteiger partial charge in [0.2, 0.25) is 6.41 Å². The van der Waals surface area contributed by atoms with Crippen molar-refractivity contribution < 1.29 is 27.6 Å². The number of nitrogens with one attached hydrogen (secondary N) is 1. The average molecular weight is 669 g/mol. The van der Waals surface area contributed by atoms with E-state index in [0.717, 1.165) is 48.1 Å². The number of rotatable bonds is 10. The fraction of sp³-hybridized carbons (Fsp3) is 0.361. The van der Waals surface area contributed by atoms with Crippen LogP contribution >= 0.6 is 12.4 Å². The smallest absolute Gasteiger partial charge is 0.310 e. The first-order valence-corrected chi connectivity index (χ1v) is 15.5. The van der Waals surface area contributed by atoms with Crippen LogP contribution in [0, 0.1) is 31.3 Å². The van der Waals surface area contributed by atoms with Gasteiger partial charge in [-0.15, -0.1) is 12.4 Å². The summed E-state index contributed by atoms with van der Waals surface area (Å²) in [6.45, 7) is 9.36. The number of hydrogen-bond donors (Lipinski definition) is 1. The number of carbonyl (C=O) groups is 3. The zero-order valence-corrected chi connectivity index (χ0v) is 27.8. The molecule has 0 radical (unpaired) electrons. The molecule has 2 aliphatic heterocycles. The summed E-state index contributed by atoms with van der Waals surface area (Å²) < 4.78 is 42.5. The van der Waals surface area contributed by atoms with Gasteiger partial charge in [-0.25, -0.2) is 23.0 Å². The number of piperidine rings is 1. The normalized spacial score (nSPS) is 18.0. The van der Waals surface area contributed by atoms with E-state index in [2.05, 4.69) is 72.6 Å². The predicted molar refractivity (Wildman–Crippen MR) is 176 cm³/mol. The topological polar surface area (TPSA) is 73.0 Å². The van der Waals surface area contributed by atoms with Crippen molar-refractivity contribution in [3.05, 3.63) is 117 Å². The lowest BCUT2D eigenvalue weighted by Gasteiger charge is -2.44. The molecular weight excluding hydrogens is 629 g/mol. The highest BCUT2D eigenvalue weighted by Crippen LogP contribution is 2.43. The van der Waals surface area contributed by atoms with E-state index in [1.54, 1.807) is 0 Å².